The van der Waals surface area contributed by atoms with Crippen LogP contribution in [0.25, 0.3) is 11.0 Å². The lowest BCUT2D eigenvalue weighted by molar-refractivity contribution is 0.383. The van der Waals surface area contributed by atoms with Gasteiger partial charge in [-0.25, -0.2) is 0 Å². The van der Waals surface area contributed by atoms with E-state index in [2.05, 4.69) is 41.4 Å². The normalized spacial score (nSPS) is 14.8. The largest absolute Gasteiger partial charge is 0.271 e. The first-order valence-corrected chi connectivity index (χ1v) is 5.93. The van der Waals surface area contributed by atoms with E-state index in [1.807, 2.05) is 6.07 Å². The quantitative estimate of drug-likeness (QED) is 0.624. The summed E-state index contributed by atoms with van der Waals surface area (Å²) in [6.07, 6.45) is 4.49. The van der Waals surface area contributed by atoms with Crippen LogP contribution in [0.1, 0.15) is 31.9 Å². The number of nitrogens with one attached hydrogen (secondary N) is 1. The fraction of sp³-hybridized carbons (Fsp3) is 0.385. The molecule has 2 aromatic rings. The summed E-state index contributed by atoms with van der Waals surface area (Å²) < 4.78 is 0. The van der Waals surface area contributed by atoms with Gasteiger partial charge in [-0.3, -0.25) is 21.2 Å². The average Bonchev–Trinajstić information content (AvgIpc) is 2.39. The zero-order valence-corrected chi connectivity index (χ0v) is 10.2. The van der Waals surface area contributed by atoms with Gasteiger partial charge in [-0.05, 0) is 23.6 Å². The summed E-state index contributed by atoms with van der Waals surface area (Å²) in [5, 5.41) is 0. The van der Waals surface area contributed by atoms with Crippen LogP contribution in [-0.4, -0.2) is 9.97 Å². The Morgan fingerprint density at radius 2 is 1.94 bits per heavy atom. The molecule has 17 heavy (non-hydrogen) atoms. The maximum absolute atomic E-state index is 5.64. The molecule has 0 saturated carbocycles. The van der Waals surface area contributed by atoms with Crippen LogP contribution in [-0.2, 0) is 0 Å². The molecule has 4 nitrogen and oxygen atoms in total. The van der Waals surface area contributed by atoms with E-state index in [0.29, 0.717) is 5.92 Å². The molecule has 1 aromatic carbocycles. The topological polar surface area (TPSA) is 63.8 Å². The lowest BCUT2D eigenvalue weighted by Gasteiger charge is -2.22. The van der Waals surface area contributed by atoms with Crippen molar-refractivity contribution in [3.8, 4) is 0 Å². The van der Waals surface area contributed by atoms with Crippen molar-refractivity contribution < 1.29 is 0 Å². The lowest BCUT2D eigenvalue weighted by Crippen LogP contribution is -2.32. The van der Waals surface area contributed by atoms with E-state index in [-0.39, 0.29) is 6.04 Å². The monoisotopic (exact) mass is 230 g/mol. The third-order valence-electron chi connectivity index (χ3n) is 3.25. The molecule has 0 amide bonds. The number of aromatic nitrogens is 2. The van der Waals surface area contributed by atoms with Crippen molar-refractivity contribution >= 4 is 11.0 Å². The van der Waals surface area contributed by atoms with Gasteiger partial charge in [0.1, 0.15) is 0 Å². The highest BCUT2D eigenvalue weighted by Crippen LogP contribution is 2.25. The Hall–Kier alpha value is -1.52. The second kappa shape index (κ2) is 5.21. The van der Waals surface area contributed by atoms with E-state index in [1.165, 1.54) is 0 Å². The van der Waals surface area contributed by atoms with Crippen molar-refractivity contribution in [2.75, 3.05) is 0 Å². The molecule has 2 atom stereocenters. The summed E-state index contributed by atoms with van der Waals surface area (Å²) in [5.74, 6) is 6.12. The Morgan fingerprint density at radius 1 is 1.24 bits per heavy atom. The Labute approximate surface area is 101 Å². The predicted octanol–water partition coefficient (Wildman–Crippen LogP) is 2.18. The van der Waals surface area contributed by atoms with E-state index >= 15 is 0 Å². The fourth-order valence-electron chi connectivity index (χ4n) is 2.00. The number of hydrogen-bond donors (Lipinski definition) is 2. The molecule has 0 aliphatic rings. The zero-order chi connectivity index (χ0) is 12.3. The Balaban J connectivity index is 2.40. The summed E-state index contributed by atoms with van der Waals surface area (Å²) >= 11 is 0. The van der Waals surface area contributed by atoms with Crippen LogP contribution in [0.3, 0.4) is 0 Å². The Bertz CT molecular complexity index is 497. The maximum atomic E-state index is 5.64. The van der Waals surface area contributed by atoms with Crippen LogP contribution in [0.15, 0.2) is 30.6 Å². The smallest absolute Gasteiger partial charge is 0.0890 e. The first kappa shape index (κ1) is 12.0. The first-order valence-electron chi connectivity index (χ1n) is 5.93. The highest BCUT2D eigenvalue weighted by atomic mass is 15.2. The van der Waals surface area contributed by atoms with Crippen LogP contribution in [0, 0.1) is 5.92 Å². The number of fused-ring (bicyclic) bond motifs is 1. The van der Waals surface area contributed by atoms with Crippen molar-refractivity contribution in [2.24, 2.45) is 11.8 Å². The molecule has 0 spiro atoms. The second-order valence-electron chi connectivity index (χ2n) is 4.33. The van der Waals surface area contributed by atoms with Gasteiger partial charge in [0, 0.05) is 18.4 Å². The lowest BCUT2D eigenvalue weighted by atomic mass is 9.93. The standard InChI is InChI=1S/C13H18N4/c1-3-9(2)13(17-14)10-4-5-11-12(8-10)16-7-6-15-11/h4-9,13,17H,3,14H2,1-2H3. The first-order chi connectivity index (χ1) is 8.26. The molecule has 0 saturated heterocycles. The molecule has 3 N–H and O–H groups in total. The summed E-state index contributed by atoms with van der Waals surface area (Å²) in [7, 11) is 0. The van der Waals surface area contributed by atoms with E-state index in [1.54, 1.807) is 12.4 Å². The predicted molar refractivity (Wildman–Crippen MR) is 69.1 cm³/mol. The number of benzene rings is 1. The minimum Gasteiger partial charge on any atom is -0.271 e. The molecule has 0 aliphatic carbocycles. The minimum atomic E-state index is 0.159. The number of hydrogen-bond acceptors (Lipinski definition) is 4. The summed E-state index contributed by atoms with van der Waals surface area (Å²) in [5.41, 5.74) is 5.87. The molecule has 0 radical (unpaired) electrons. The summed E-state index contributed by atoms with van der Waals surface area (Å²) in [6, 6.07) is 6.27. The van der Waals surface area contributed by atoms with Crippen LogP contribution >= 0.6 is 0 Å². The van der Waals surface area contributed by atoms with Crippen LogP contribution in [0.4, 0.5) is 0 Å². The van der Waals surface area contributed by atoms with Crippen molar-refractivity contribution in [2.45, 2.75) is 26.3 Å². The Morgan fingerprint density at radius 3 is 2.59 bits per heavy atom. The number of nitrogens with two attached hydrogens (primary N) is 1. The third kappa shape index (κ3) is 2.43. The minimum absolute atomic E-state index is 0.159. The van der Waals surface area contributed by atoms with Gasteiger partial charge in [0.25, 0.3) is 0 Å². The molecular weight excluding hydrogens is 212 g/mol. The number of nitrogens with zero attached hydrogens (tertiary/aromatic N) is 2. The van der Waals surface area contributed by atoms with Gasteiger partial charge >= 0.3 is 0 Å². The molecule has 0 bridgehead atoms. The van der Waals surface area contributed by atoms with Crippen LogP contribution in [0.2, 0.25) is 0 Å². The van der Waals surface area contributed by atoms with Crippen LogP contribution in [0.5, 0.6) is 0 Å². The summed E-state index contributed by atoms with van der Waals surface area (Å²) in [6.45, 7) is 4.35. The molecule has 4 heteroatoms. The van der Waals surface area contributed by atoms with Crippen LogP contribution < -0.4 is 11.3 Å². The SMILES string of the molecule is CCC(C)C(NN)c1ccc2nccnc2c1. The van der Waals surface area contributed by atoms with Gasteiger partial charge in [0.15, 0.2) is 0 Å². The molecule has 2 unspecified atom stereocenters. The molecule has 2 rings (SSSR count). The second-order valence-corrected chi connectivity index (χ2v) is 4.33. The summed E-state index contributed by atoms with van der Waals surface area (Å²) in [4.78, 5) is 8.57. The van der Waals surface area contributed by atoms with Crippen molar-refractivity contribution in [1.29, 1.82) is 0 Å². The van der Waals surface area contributed by atoms with Gasteiger partial charge in [-0.1, -0.05) is 26.3 Å². The van der Waals surface area contributed by atoms with E-state index in [9.17, 15) is 0 Å². The fourth-order valence-corrected chi connectivity index (χ4v) is 2.00. The van der Waals surface area contributed by atoms with Gasteiger partial charge in [0.05, 0.1) is 11.0 Å². The van der Waals surface area contributed by atoms with E-state index < -0.39 is 0 Å². The van der Waals surface area contributed by atoms with Gasteiger partial charge in [-0.2, -0.15) is 0 Å². The molecule has 1 heterocycles. The molecule has 0 fully saturated rings. The maximum Gasteiger partial charge on any atom is 0.0890 e. The zero-order valence-electron chi connectivity index (χ0n) is 10.2. The highest BCUT2D eigenvalue weighted by Gasteiger charge is 2.16. The molecular formula is C13H18N4. The van der Waals surface area contributed by atoms with Crippen molar-refractivity contribution in [3.63, 3.8) is 0 Å². The van der Waals surface area contributed by atoms with Crippen molar-refractivity contribution in [3.05, 3.63) is 36.2 Å². The highest BCUT2D eigenvalue weighted by molar-refractivity contribution is 5.74. The van der Waals surface area contributed by atoms with Gasteiger partial charge in [0.2, 0.25) is 0 Å². The molecule has 1 aromatic heterocycles. The van der Waals surface area contributed by atoms with E-state index in [4.69, 9.17) is 5.84 Å². The van der Waals surface area contributed by atoms with Gasteiger partial charge in [-0.15, -0.1) is 0 Å². The van der Waals surface area contributed by atoms with Crippen molar-refractivity contribution in [1.82, 2.24) is 15.4 Å². The number of hydrazine groups is 1. The molecule has 90 valence electrons. The van der Waals surface area contributed by atoms with Gasteiger partial charge < -0.3 is 0 Å². The number of rotatable bonds is 4. The van der Waals surface area contributed by atoms with E-state index in [0.717, 1.165) is 23.0 Å². The third-order valence-corrected chi connectivity index (χ3v) is 3.25. The molecule has 0 aliphatic heterocycles. The Kier molecular flexibility index (Phi) is 3.66. The average molecular weight is 230 g/mol.